The molecule has 0 aromatic heterocycles. The van der Waals surface area contributed by atoms with E-state index in [-0.39, 0.29) is 18.4 Å². The van der Waals surface area contributed by atoms with E-state index in [0.717, 1.165) is 13.8 Å². The van der Waals surface area contributed by atoms with Crippen molar-refractivity contribution in [2.45, 2.75) is 52.3 Å². The summed E-state index contributed by atoms with van der Waals surface area (Å²) in [6.45, 7) is 3.94. The van der Waals surface area contributed by atoms with Crippen molar-refractivity contribution in [3.8, 4) is 0 Å². The fourth-order valence-corrected chi connectivity index (χ4v) is 2.59. The van der Waals surface area contributed by atoms with Crippen LogP contribution < -0.4 is 5.32 Å². The standard InChI is InChI=1S/C11H16F3NO4S2.CH4/c1-4-18-10(20)21-9(19-7(3)17)5-8(11(12,13)14)15-6(2)16;/h8-9H,4-5H2,1-3H3,(H,15,16);1H4. The number of alkyl halides is 3. The SMILES string of the molecule is C.CCOC(=S)SC(CC(NC(C)=O)C(F)(F)F)OC(C)=O. The van der Waals surface area contributed by atoms with Crippen molar-refractivity contribution in [1.29, 1.82) is 0 Å². The van der Waals surface area contributed by atoms with Crippen LogP contribution in [0.4, 0.5) is 13.2 Å². The first kappa shape index (κ1) is 23.2. The minimum atomic E-state index is -4.67. The van der Waals surface area contributed by atoms with Crippen molar-refractivity contribution in [3.63, 3.8) is 0 Å². The molecule has 0 bridgehead atoms. The number of ether oxygens (including phenoxy) is 2. The largest absolute Gasteiger partial charge is 0.479 e. The Labute approximate surface area is 137 Å². The van der Waals surface area contributed by atoms with Crippen LogP contribution in [0.3, 0.4) is 0 Å². The molecule has 10 heteroatoms. The molecule has 0 aliphatic heterocycles. The number of esters is 1. The maximum atomic E-state index is 12.8. The number of carbonyl (C=O) groups is 2. The van der Waals surface area contributed by atoms with Crippen LogP contribution >= 0.6 is 24.0 Å². The molecule has 0 aliphatic carbocycles. The lowest BCUT2D eigenvalue weighted by molar-refractivity contribution is -0.168. The van der Waals surface area contributed by atoms with Crippen LogP contribution in [0.15, 0.2) is 0 Å². The number of halogens is 3. The summed E-state index contributed by atoms with van der Waals surface area (Å²) in [6.07, 6.45) is -5.33. The third kappa shape index (κ3) is 10.7. The van der Waals surface area contributed by atoms with Gasteiger partial charge < -0.3 is 14.8 Å². The van der Waals surface area contributed by atoms with Crippen LogP contribution in [0.1, 0.15) is 34.6 Å². The van der Waals surface area contributed by atoms with E-state index in [1.54, 1.807) is 12.2 Å². The van der Waals surface area contributed by atoms with Gasteiger partial charge in [0, 0.05) is 20.3 Å². The third-order valence-corrected chi connectivity index (χ3v) is 3.26. The Bertz CT molecular complexity index is 391. The Morgan fingerprint density at radius 1 is 1.32 bits per heavy atom. The first-order chi connectivity index (χ1) is 9.56. The molecule has 0 saturated heterocycles. The summed E-state index contributed by atoms with van der Waals surface area (Å²) in [5.74, 6) is -1.59. The minimum Gasteiger partial charge on any atom is -0.479 e. The lowest BCUT2D eigenvalue weighted by Crippen LogP contribution is -2.46. The van der Waals surface area contributed by atoms with Crippen LogP contribution in [0, 0.1) is 0 Å². The molecular formula is C12H20F3NO4S2. The van der Waals surface area contributed by atoms with Crippen LogP contribution in [-0.2, 0) is 19.1 Å². The minimum absolute atomic E-state index is 0. The third-order valence-electron chi connectivity index (χ3n) is 1.99. The molecule has 0 rings (SSSR count). The van der Waals surface area contributed by atoms with Gasteiger partial charge in [-0.1, -0.05) is 7.43 Å². The molecule has 0 spiro atoms. The van der Waals surface area contributed by atoms with Crippen molar-refractivity contribution >= 4 is 40.2 Å². The fourth-order valence-electron chi connectivity index (χ4n) is 1.28. The molecule has 0 saturated carbocycles. The lowest BCUT2D eigenvalue weighted by Gasteiger charge is -2.25. The lowest BCUT2D eigenvalue weighted by atomic mass is 10.2. The highest BCUT2D eigenvalue weighted by Crippen LogP contribution is 2.29. The summed E-state index contributed by atoms with van der Waals surface area (Å²) in [5.41, 5.74) is -1.21. The summed E-state index contributed by atoms with van der Waals surface area (Å²) >= 11 is 5.48. The predicted octanol–water partition coefficient (Wildman–Crippen LogP) is 3.02. The summed E-state index contributed by atoms with van der Waals surface area (Å²) in [7, 11) is 0. The topological polar surface area (TPSA) is 64.6 Å². The number of hydrogen-bond donors (Lipinski definition) is 1. The van der Waals surface area contributed by atoms with E-state index in [9.17, 15) is 22.8 Å². The van der Waals surface area contributed by atoms with Crippen LogP contribution in [0.25, 0.3) is 0 Å². The molecule has 0 fully saturated rings. The van der Waals surface area contributed by atoms with E-state index < -0.39 is 36.0 Å². The maximum absolute atomic E-state index is 12.8. The van der Waals surface area contributed by atoms with E-state index in [1.807, 2.05) is 0 Å². The smallest absolute Gasteiger partial charge is 0.408 e. The van der Waals surface area contributed by atoms with Crippen LogP contribution in [0.2, 0.25) is 0 Å². The molecule has 22 heavy (non-hydrogen) atoms. The molecule has 2 unspecified atom stereocenters. The van der Waals surface area contributed by atoms with E-state index in [0.29, 0.717) is 11.8 Å². The zero-order valence-electron chi connectivity index (χ0n) is 11.7. The number of thiocarbonyl (C=S) groups is 1. The van der Waals surface area contributed by atoms with Crippen LogP contribution in [-0.4, -0.2) is 40.5 Å². The highest BCUT2D eigenvalue weighted by Gasteiger charge is 2.42. The molecule has 0 heterocycles. The van der Waals surface area contributed by atoms with Gasteiger partial charge in [-0.25, -0.2) is 0 Å². The van der Waals surface area contributed by atoms with Crippen LogP contribution in [0.5, 0.6) is 0 Å². The summed E-state index contributed by atoms with van der Waals surface area (Å²) < 4.78 is 48.2. The Balaban J connectivity index is 0. The number of carbonyl (C=O) groups excluding carboxylic acids is 2. The number of nitrogens with one attached hydrogen (secondary N) is 1. The van der Waals surface area contributed by atoms with Gasteiger partial charge in [-0.3, -0.25) is 9.59 Å². The fraction of sp³-hybridized carbons (Fsp3) is 0.750. The predicted molar refractivity (Wildman–Crippen MR) is 82.4 cm³/mol. The second-order valence-electron chi connectivity index (χ2n) is 3.87. The van der Waals surface area contributed by atoms with Gasteiger partial charge in [0.15, 0.2) is 5.44 Å². The van der Waals surface area contributed by atoms with Gasteiger partial charge in [0.1, 0.15) is 6.04 Å². The molecular weight excluding hydrogens is 343 g/mol. The molecule has 5 nitrogen and oxygen atoms in total. The van der Waals surface area contributed by atoms with Gasteiger partial charge >= 0.3 is 12.1 Å². The Kier molecular flexibility index (Phi) is 11.3. The van der Waals surface area contributed by atoms with Gasteiger partial charge in [-0.15, -0.1) is 0 Å². The Hall–Kier alpha value is -1.03. The number of hydrogen-bond acceptors (Lipinski definition) is 6. The van der Waals surface area contributed by atoms with Gasteiger partial charge in [0.2, 0.25) is 10.3 Å². The molecule has 0 aliphatic rings. The van der Waals surface area contributed by atoms with Crippen molar-refractivity contribution < 1.29 is 32.2 Å². The zero-order chi connectivity index (χ0) is 16.6. The van der Waals surface area contributed by atoms with Gasteiger partial charge in [-0.05, 0) is 30.9 Å². The van der Waals surface area contributed by atoms with E-state index >= 15 is 0 Å². The summed E-state index contributed by atoms with van der Waals surface area (Å²) in [6, 6.07) is -2.14. The highest BCUT2D eigenvalue weighted by molar-refractivity contribution is 8.22. The molecule has 0 radical (unpaired) electrons. The Morgan fingerprint density at radius 2 is 1.86 bits per heavy atom. The molecule has 0 aromatic rings. The summed E-state index contributed by atoms with van der Waals surface area (Å²) in [4.78, 5) is 21.8. The second-order valence-corrected chi connectivity index (χ2v) is 5.63. The molecule has 1 amide bonds. The maximum Gasteiger partial charge on any atom is 0.408 e. The normalized spacial score (nSPS) is 13.4. The van der Waals surface area contributed by atoms with Crippen molar-refractivity contribution in [2.75, 3.05) is 6.61 Å². The Morgan fingerprint density at radius 3 is 2.23 bits per heavy atom. The highest BCUT2D eigenvalue weighted by atomic mass is 32.2. The number of amides is 1. The molecule has 1 N–H and O–H groups in total. The molecule has 130 valence electrons. The second kappa shape index (κ2) is 10.7. The summed E-state index contributed by atoms with van der Waals surface area (Å²) in [5, 5.41) is 1.78. The van der Waals surface area contributed by atoms with Gasteiger partial charge in [0.25, 0.3) is 0 Å². The molecule has 0 aromatic carbocycles. The average Bonchev–Trinajstić information content (AvgIpc) is 2.25. The van der Waals surface area contributed by atoms with E-state index in [1.165, 1.54) is 0 Å². The van der Waals surface area contributed by atoms with Crippen molar-refractivity contribution in [2.24, 2.45) is 0 Å². The zero-order valence-corrected chi connectivity index (χ0v) is 13.3. The first-order valence-electron chi connectivity index (χ1n) is 5.90. The van der Waals surface area contributed by atoms with Crippen molar-refractivity contribution in [3.05, 3.63) is 0 Å². The monoisotopic (exact) mass is 363 g/mol. The number of rotatable bonds is 6. The van der Waals surface area contributed by atoms with Gasteiger partial charge in [0.05, 0.1) is 6.61 Å². The average molecular weight is 363 g/mol. The van der Waals surface area contributed by atoms with E-state index in [4.69, 9.17) is 21.7 Å². The quantitative estimate of drug-likeness (QED) is 0.445. The number of thioether (sulfide) groups is 1. The van der Waals surface area contributed by atoms with Crippen molar-refractivity contribution in [1.82, 2.24) is 5.32 Å². The van der Waals surface area contributed by atoms with Gasteiger partial charge in [-0.2, -0.15) is 13.2 Å². The molecule has 2 atom stereocenters. The van der Waals surface area contributed by atoms with E-state index in [2.05, 4.69) is 0 Å². The first-order valence-corrected chi connectivity index (χ1v) is 7.19.